The van der Waals surface area contributed by atoms with Crippen LogP contribution in [0, 0.1) is 0 Å². The predicted octanol–water partition coefficient (Wildman–Crippen LogP) is 4.40. The van der Waals surface area contributed by atoms with Gasteiger partial charge in [-0.15, -0.1) is 0 Å². The number of carbonyl (C=O) groups is 1. The summed E-state index contributed by atoms with van der Waals surface area (Å²) in [6.45, 7) is 0.331. The smallest absolute Gasteiger partial charge is 0.416 e. The highest BCUT2D eigenvalue weighted by molar-refractivity contribution is 7.85. The van der Waals surface area contributed by atoms with E-state index in [2.05, 4.69) is 10.3 Å². The lowest BCUT2D eigenvalue weighted by atomic mass is 10.0. The van der Waals surface area contributed by atoms with E-state index in [0.29, 0.717) is 28.7 Å². The van der Waals surface area contributed by atoms with Gasteiger partial charge in [0.1, 0.15) is 6.54 Å². The van der Waals surface area contributed by atoms with E-state index in [9.17, 15) is 30.9 Å². The van der Waals surface area contributed by atoms with Crippen molar-refractivity contribution in [2.24, 2.45) is 0 Å². The molecule has 7 nitrogen and oxygen atoms in total. The number of hydrogen-bond acceptors (Lipinski definition) is 5. The Balaban J connectivity index is 1.63. The molecule has 2 aromatic heterocycles. The Morgan fingerprint density at radius 2 is 1.72 bits per heavy atom. The Morgan fingerprint density at radius 3 is 2.42 bits per heavy atom. The second-order valence-electron chi connectivity index (χ2n) is 8.04. The van der Waals surface area contributed by atoms with Gasteiger partial charge in [-0.1, -0.05) is 24.3 Å². The van der Waals surface area contributed by atoms with Crippen molar-refractivity contribution in [3.05, 3.63) is 90.3 Å². The third-order valence-electron chi connectivity index (χ3n) is 5.41. The summed E-state index contributed by atoms with van der Waals surface area (Å²) < 4.78 is 73.2. The first-order valence-electron chi connectivity index (χ1n) is 10.8. The molecule has 0 saturated heterocycles. The molecule has 2 aromatic carbocycles. The van der Waals surface area contributed by atoms with Gasteiger partial charge in [-0.3, -0.25) is 4.79 Å². The van der Waals surface area contributed by atoms with Gasteiger partial charge >= 0.3 is 6.18 Å². The van der Waals surface area contributed by atoms with E-state index in [1.165, 1.54) is 12.1 Å². The summed E-state index contributed by atoms with van der Waals surface area (Å²) in [7, 11) is -4.28. The Bertz CT molecular complexity index is 1520. The first-order valence-corrected chi connectivity index (χ1v) is 12.4. The van der Waals surface area contributed by atoms with Gasteiger partial charge in [-0.05, 0) is 30.3 Å². The monoisotopic (exact) mass is 515 g/mol. The first-order chi connectivity index (χ1) is 17.0. The summed E-state index contributed by atoms with van der Waals surface area (Å²) in [6.07, 6.45) is -0.966. The lowest BCUT2D eigenvalue weighted by molar-refractivity contribution is -0.696. The molecule has 36 heavy (non-hydrogen) atoms. The number of aryl methyl sites for hydroxylation is 1. The van der Waals surface area contributed by atoms with Crippen molar-refractivity contribution in [3.8, 4) is 11.3 Å². The fourth-order valence-corrected chi connectivity index (χ4v) is 4.17. The zero-order valence-electron chi connectivity index (χ0n) is 18.7. The van der Waals surface area contributed by atoms with Crippen LogP contribution in [0.1, 0.15) is 22.3 Å². The number of nitrogens with one attached hydrogen (secondary N) is 1. The molecule has 1 N–H and O–H groups in total. The number of pyridine rings is 2. The van der Waals surface area contributed by atoms with Crippen LogP contribution >= 0.6 is 0 Å². The number of carbonyl (C=O) groups excluding carboxylic acids is 1. The van der Waals surface area contributed by atoms with Crippen LogP contribution in [0.5, 0.6) is 0 Å². The Hall–Kier alpha value is -3.83. The molecule has 0 fully saturated rings. The minimum atomic E-state index is -4.54. The van der Waals surface area contributed by atoms with Gasteiger partial charge in [0.15, 0.2) is 12.4 Å². The van der Waals surface area contributed by atoms with Gasteiger partial charge in [0, 0.05) is 40.9 Å². The molecule has 0 atom stereocenters. The standard InChI is InChI=1S/C25H20F3N3O4S/c26-25(27,28)18-5-3-6-19(15-18)29-24(32)21-16-23(30-22-8-2-1-7-20(21)22)17-9-12-31(13-10-17)11-4-14-36(33,34)35/h1-3,5-10,12-13,15-16H,4,11,14H2,(H-,29,32,33,34,35). The van der Waals surface area contributed by atoms with Crippen molar-refractivity contribution >= 4 is 32.6 Å². The quantitative estimate of drug-likeness (QED) is 0.290. The summed E-state index contributed by atoms with van der Waals surface area (Å²) in [5, 5.41) is 3.08. The van der Waals surface area contributed by atoms with Crippen molar-refractivity contribution in [3.63, 3.8) is 0 Å². The Kier molecular flexibility index (Phi) is 7.04. The van der Waals surface area contributed by atoms with Gasteiger partial charge in [-0.2, -0.15) is 13.2 Å². The minimum absolute atomic E-state index is 0.0121. The zero-order chi connectivity index (χ0) is 25.9. The number of fused-ring (bicyclic) bond motifs is 1. The van der Waals surface area contributed by atoms with E-state index >= 15 is 0 Å². The van der Waals surface area contributed by atoms with Crippen LogP contribution in [-0.4, -0.2) is 29.6 Å². The maximum atomic E-state index is 13.1. The number of aromatic nitrogens is 2. The second-order valence-corrected chi connectivity index (χ2v) is 9.57. The highest BCUT2D eigenvalue weighted by Gasteiger charge is 2.30. The lowest BCUT2D eigenvalue weighted by Crippen LogP contribution is -2.33. The lowest BCUT2D eigenvalue weighted by Gasteiger charge is -2.12. The summed E-state index contributed by atoms with van der Waals surface area (Å²) in [5.74, 6) is -1.04. The molecule has 0 aliphatic rings. The Morgan fingerprint density at radius 1 is 1.00 bits per heavy atom. The van der Waals surface area contributed by atoms with Gasteiger partial charge in [0.2, 0.25) is 0 Å². The fraction of sp³-hybridized carbons (Fsp3) is 0.160. The SMILES string of the molecule is O=C(Nc1cccc(C(F)(F)F)c1)c1cc(-c2cc[n+](CCCS(=O)(=O)[O-])cc2)nc2ccccc12. The number of amides is 1. The van der Waals surface area contributed by atoms with Crippen molar-refractivity contribution in [2.45, 2.75) is 19.1 Å². The normalized spacial score (nSPS) is 12.0. The van der Waals surface area contributed by atoms with E-state index in [1.807, 2.05) is 0 Å². The van der Waals surface area contributed by atoms with Gasteiger partial charge < -0.3 is 9.87 Å². The molecule has 2 heterocycles. The molecule has 0 spiro atoms. The molecule has 0 aliphatic heterocycles. The van der Waals surface area contributed by atoms with Crippen molar-refractivity contribution in [2.75, 3.05) is 11.1 Å². The van der Waals surface area contributed by atoms with Crippen LogP contribution in [0.15, 0.2) is 79.1 Å². The highest BCUT2D eigenvalue weighted by Crippen LogP contribution is 2.31. The van der Waals surface area contributed by atoms with Gasteiger partial charge in [0.05, 0.1) is 32.5 Å². The topological polar surface area (TPSA) is 103 Å². The average molecular weight is 516 g/mol. The van der Waals surface area contributed by atoms with E-state index in [-0.39, 0.29) is 17.7 Å². The number of nitrogens with zero attached hydrogens (tertiary/aromatic N) is 2. The molecular weight excluding hydrogens is 495 g/mol. The number of alkyl halides is 3. The number of halogens is 3. The number of para-hydroxylation sites is 1. The molecule has 4 aromatic rings. The molecule has 0 saturated carbocycles. The van der Waals surface area contributed by atoms with E-state index in [1.54, 1.807) is 59.4 Å². The third kappa shape index (κ3) is 6.23. The summed E-state index contributed by atoms with van der Waals surface area (Å²) >= 11 is 0. The fourth-order valence-electron chi connectivity index (χ4n) is 3.68. The van der Waals surface area contributed by atoms with Crippen molar-refractivity contribution in [1.29, 1.82) is 0 Å². The van der Waals surface area contributed by atoms with Crippen LogP contribution in [0.3, 0.4) is 0 Å². The van der Waals surface area contributed by atoms with Crippen LogP contribution in [0.25, 0.3) is 22.2 Å². The maximum absolute atomic E-state index is 13.1. The third-order valence-corrected chi connectivity index (χ3v) is 6.19. The van der Waals surface area contributed by atoms with Crippen molar-refractivity contribution in [1.82, 2.24) is 4.98 Å². The molecule has 0 aliphatic carbocycles. The zero-order valence-corrected chi connectivity index (χ0v) is 19.5. The summed E-state index contributed by atoms with van der Waals surface area (Å²) in [4.78, 5) is 17.7. The summed E-state index contributed by atoms with van der Waals surface area (Å²) in [5.41, 5.74) is 1.05. The molecule has 1 amide bonds. The predicted molar refractivity (Wildman–Crippen MR) is 126 cm³/mol. The number of benzene rings is 2. The molecular formula is C25H20F3N3O4S. The van der Waals surface area contributed by atoms with Gasteiger partial charge in [-0.25, -0.2) is 18.0 Å². The first kappa shape index (κ1) is 25.3. The minimum Gasteiger partial charge on any atom is -0.748 e. The molecule has 186 valence electrons. The summed E-state index contributed by atoms with van der Waals surface area (Å²) in [6, 6.07) is 16.4. The van der Waals surface area contributed by atoms with Crippen molar-refractivity contribution < 1.29 is 35.5 Å². The molecule has 0 unspecified atom stereocenters. The largest absolute Gasteiger partial charge is 0.748 e. The molecule has 11 heteroatoms. The molecule has 0 radical (unpaired) electrons. The van der Waals surface area contributed by atoms with Crippen LogP contribution in [0.4, 0.5) is 18.9 Å². The number of rotatable bonds is 7. The number of hydrogen-bond donors (Lipinski definition) is 1. The van der Waals surface area contributed by atoms with E-state index < -0.39 is 33.5 Å². The number of anilines is 1. The maximum Gasteiger partial charge on any atom is 0.416 e. The van der Waals surface area contributed by atoms with Crippen LogP contribution in [-0.2, 0) is 22.8 Å². The average Bonchev–Trinajstić information content (AvgIpc) is 2.82. The Labute approximate surface area is 205 Å². The highest BCUT2D eigenvalue weighted by atomic mass is 32.2. The van der Waals surface area contributed by atoms with Crippen LogP contribution < -0.4 is 9.88 Å². The van der Waals surface area contributed by atoms with E-state index in [4.69, 9.17) is 0 Å². The van der Waals surface area contributed by atoms with Crippen LogP contribution in [0.2, 0.25) is 0 Å². The second kappa shape index (κ2) is 10.0. The van der Waals surface area contributed by atoms with Gasteiger partial charge in [0.25, 0.3) is 5.91 Å². The molecule has 0 bridgehead atoms. The van der Waals surface area contributed by atoms with E-state index in [0.717, 1.165) is 12.1 Å². The molecule has 4 rings (SSSR count).